The van der Waals surface area contributed by atoms with Gasteiger partial charge in [-0.25, -0.2) is 0 Å². The Kier molecular flexibility index (Phi) is 4.48. The van der Waals surface area contributed by atoms with Crippen molar-refractivity contribution in [2.45, 2.75) is 6.61 Å². The molecular weight excluding hydrogens is 256 g/mol. The van der Waals surface area contributed by atoms with E-state index in [1.807, 2.05) is 30.3 Å². The lowest BCUT2D eigenvalue weighted by Gasteiger charge is -2.16. The zero-order chi connectivity index (χ0) is 14.5. The maximum absolute atomic E-state index is 9.54. The zero-order valence-electron chi connectivity index (χ0n) is 11.8. The van der Waals surface area contributed by atoms with Crippen molar-refractivity contribution in [3.05, 3.63) is 42.0 Å². The second-order valence-corrected chi connectivity index (χ2v) is 4.22. The van der Waals surface area contributed by atoms with Gasteiger partial charge < -0.3 is 19.3 Å². The number of ether oxygens (including phenoxy) is 3. The van der Waals surface area contributed by atoms with Gasteiger partial charge in [-0.05, 0) is 29.3 Å². The molecule has 1 N–H and O–H groups in total. The summed E-state index contributed by atoms with van der Waals surface area (Å²) in [7, 11) is 4.81. The van der Waals surface area contributed by atoms with Crippen LogP contribution in [0.2, 0.25) is 0 Å². The van der Waals surface area contributed by atoms with Gasteiger partial charge in [0.1, 0.15) is 5.75 Å². The second kappa shape index (κ2) is 6.30. The first-order valence-corrected chi connectivity index (χ1v) is 6.24. The Morgan fingerprint density at radius 1 is 0.850 bits per heavy atom. The summed E-state index contributed by atoms with van der Waals surface area (Å²) in [6.07, 6.45) is 0. The highest BCUT2D eigenvalue weighted by Crippen LogP contribution is 2.41. The van der Waals surface area contributed by atoms with Crippen molar-refractivity contribution in [3.63, 3.8) is 0 Å². The molecule has 2 aromatic carbocycles. The predicted octanol–water partition coefficient (Wildman–Crippen LogP) is 2.87. The van der Waals surface area contributed by atoms with Crippen molar-refractivity contribution < 1.29 is 19.3 Å². The van der Waals surface area contributed by atoms with Gasteiger partial charge in [-0.1, -0.05) is 18.2 Å². The van der Waals surface area contributed by atoms with Crippen molar-refractivity contribution in [1.82, 2.24) is 0 Å². The van der Waals surface area contributed by atoms with Gasteiger partial charge in [-0.3, -0.25) is 0 Å². The second-order valence-electron chi connectivity index (χ2n) is 4.22. The fourth-order valence-electron chi connectivity index (χ4n) is 2.17. The molecule has 2 aromatic rings. The molecule has 0 saturated heterocycles. The molecule has 4 heteroatoms. The largest absolute Gasteiger partial charge is 0.497 e. The van der Waals surface area contributed by atoms with E-state index in [4.69, 9.17) is 14.2 Å². The lowest BCUT2D eigenvalue weighted by molar-refractivity contribution is 0.281. The molecule has 106 valence electrons. The van der Waals surface area contributed by atoms with Crippen molar-refractivity contribution in [2.24, 2.45) is 0 Å². The fraction of sp³-hybridized carbons (Fsp3) is 0.250. The molecule has 0 atom stereocenters. The molecule has 0 spiro atoms. The van der Waals surface area contributed by atoms with Gasteiger partial charge in [0.2, 0.25) is 0 Å². The zero-order valence-corrected chi connectivity index (χ0v) is 11.8. The van der Waals surface area contributed by atoms with Gasteiger partial charge in [0.25, 0.3) is 0 Å². The summed E-state index contributed by atoms with van der Waals surface area (Å²) in [6, 6.07) is 11.2. The van der Waals surface area contributed by atoms with Crippen LogP contribution < -0.4 is 14.2 Å². The Balaban J connectivity index is 2.62. The minimum atomic E-state index is -0.0677. The van der Waals surface area contributed by atoms with Crippen LogP contribution in [0.5, 0.6) is 17.2 Å². The lowest BCUT2D eigenvalue weighted by atomic mass is 9.98. The number of hydrogen-bond acceptors (Lipinski definition) is 4. The Labute approximate surface area is 118 Å². The average Bonchev–Trinajstić information content (AvgIpc) is 2.53. The molecule has 0 aliphatic rings. The van der Waals surface area contributed by atoms with E-state index in [2.05, 4.69) is 0 Å². The van der Waals surface area contributed by atoms with E-state index in [-0.39, 0.29) is 6.61 Å². The molecule has 0 amide bonds. The highest BCUT2D eigenvalue weighted by molar-refractivity contribution is 5.77. The Morgan fingerprint density at radius 2 is 1.55 bits per heavy atom. The van der Waals surface area contributed by atoms with Crippen LogP contribution in [0.3, 0.4) is 0 Å². The molecule has 0 aliphatic heterocycles. The fourth-order valence-corrected chi connectivity index (χ4v) is 2.17. The van der Waals surface area contributed by atoms with E-state index in [1.165, 1.54) is 0 Å². The third-order valence-electron chi connectivity index (χ3n) is 3.18. The van der Waals surface area contributed by atoms with Crippen molar-refractivity contribution in [3.8, 4) is 28.4 Å². The highest BCUT2D eigenvalue weighted by Gasteiger charge is 2.16. The van der Waals surface area contributed by atoms with Crippen LogP contribution in [0.25, 0.3) is 11.1 Å². The normalized spacial score (nSPS) is 10.2. The van der Waals surface area contributed by atoms with Crippen molar-refractivity contribution in [2.75, 3.05) is 21.3 Å². The van der Waals surface area contributed by atoms with Crippen LogP contribution in [0.1, 0.15) is 5.56 Å². The number of aliphatic hydroxyl groups excluding tert-OH is 1. The molecule has 0 aliphatic carbocycles. The molecule has 0 radical (unpaired) electrons. The van der Waals surface area contributed by atoms with Crippen molar-refractivity contribution >= 4 is 0 Å². The molecule has 0 bridgehead atoms. The third kappa shape index (κ3) is 2.56. The van der Waals surface area contributed by atoms with Gasteiger partial charge in [0, 0.05) is 5.56 Å². The summed E-state index contributed by atoms with van der Waals surface area (Å²) < 4.78 is 15.9. The van der Waals surface area contributed by atoms with Crippen LogP contribution >= 0.6 is 0 Å². The highest BCUT2D eigenvalue weighted by atomic mass is 16.5. The topological polar surface area (TPSA) is 47.9 Å². The number of hydrogen-bond donors (Lipinski definition) is 1. The van der Waals surface area contributed by atoms with E-state index >= 15 is 0 Å². The van der Waals surface area contributed by atoms with Gasteiger partial charge in [-0.15, -0.1) is 0 Å². The molecule has 0 saturated carbocycles. The first-order chi connectivity index (χ1) is 9.74. The molecule has 0 unspecified atom stereocenters. The SMILES string of the molecule is COc1ccc(-c2c(CO)ccc(OC)c2OC)cc1. The van der Waals surface area contributed by atoms with Gasteiger partial charge in [0.05, 0.1) is 27.9 Å². The third-order valence-corrected chi connectivity index (χ3v) is 3.18. The quantitative estimate of drug-likeness (QED) is 0.910. The van der Waals surface area contributed by atoms with E-state index in [0.717, 1.165) is 22.4 Å². The Morgan fingerprint density at radius 3 is 2.05 bits per heavy atom. The summed E-state index contributed by atoms with van der Waals surface area (Å²) in [5, 5.41) is 9.54. The molecule has 0 aromatic heterocycles. The van der Waals surface area contributed by atoms with Crippen LogP contribution in [0, 0.1) is 0 Å². The minimum Gasteiger partial charge on any atom is -0.497 e. The number of methoxy groups -OCH3 is 3. The number of rotatable bonds is 5. The summed E-state index contributed by atoms with van der Waals surface area (Å²) >= 11 is 0. The Bertz CT molecular complexity index is 576. The van der Waals surface area contributed by atoms with Crippen LogP contribution in [0.4, 0.5) is 0 Å². The van der Waals surface area contributed by atoms with Gasteiger partial charge in [-0.2, -0.15) is 0 Å². The molecule has 4 nitrogen and oxygen atoms in total. The van der Waals surface area contributed by atoms with E-state index < -0.39 is 0 Å². The maximum Gasteiger partial charge on any atom is 0.168 e. The minimum absolute atomic E-state index is 0.0677. The first kappa shape index (κ1) is 14.2. The molecule has 2 rings (SSSR count). The molecule has 0 heterocycles. The van der Waals surface area contributed by atoms with Crippen LogP contribution in [0.15, 0.2) is 36.4 Å². The summed E-state index contributed by atoms with van der Waals surface area (Å²) in [5.41, 5.74) is 2.55. The van der Waals surface area contributed by atoms with Gasteiger partial charge in [0.15, 0.2) is 11.5 Å². The molecular formula is C16H18O4. The van der Waals surface area contributed by atoms with Crippen LogP contribution in [-0.2, 0) is 6.61 Å². The summed E-state index contributed by atoms with van der Waals surface area (Å²) in [5.74, 6) is 2.03. The summed E-state index contributed by atoms with van der Waals surface area (Å²) in [4.78, 5) is 0. The maximum atomic E-state index is 9.54. The van der Waals surface area contributed by atoms with Gasteiger partial charge >= 0.3 is 0 Å². The monoisotopic (exact) mass is 274 g/mol. The van der Waals surface area contributed by atoms with E-state index in [1.54, 1.807) is 27.4 Å². The smallest absolute Gasteiger partial charge is 0.168 e. The first-order valence-electron chi connectivity index (χ1n) is 6.24. The Hall–Kier alpha value is -2.20. The van der Waals surface area contributed by atoms with E-state index in [0.29, 0.717) is 11.5 Å². The average molecular weight is 274 g/mol. The van der Waals surface area contributed by atoms with E-state index in [9.17, 15) is 5.11 Å². The molecule has 20 heavy (non-hydrogen) atoms. The number of aliphatic hydroxyl groups is 1. The standard InChI is InChI=1S/C16H18O4/c1-18-13-7-4-11(5-8-13)15-12(10-17)6-9-14(19-2)16(15)20-3/h4-9,17H,10H2,1-3H3. The molecule has 0 fully saturated rings. The predicted molar refractivity (Wildman–Crippen MR) is 77.5 cm³/mol. The summed E-state index contributed by atoms with van der Waals surface area (Å²) in [6.45, 7) is -0.0677. The lowest BCUT2D eigenvalue weighted by Crippen LogP contribution is -1.98. The van der Waals surface area contributed by atoms with Crippen LogP contribution in [-0.4, -0.2) is 26.4 Å². The number of benzene rings is 2. The van der Waals surface area contributed by atoms with Crippen molar-refractivity contribution in [1.29, 1.82) is 0 Å².